The topological polar surface area (TPSA) is 248 Å². The van der Waals surface area contributed by atoms with Crippen molar-refractivity contribution in [2.24, 2.45) is 29.2 Å². The molecule has 0 saturated carbocycles. The van der Waals surface area contributed by atoms with Crippen molar-refractivity contribution in [3.05, 3.63) is 262 Å². The van der Waals surface area contributed by atoms with Crippen molar-refractivity contribution >= 4 is 17.9 Å². The number of carbonyl (C=O) groups excluding carboxylic acids is 3. The van der Waals surface area contributed by atoms with Crippen LogP contribution < -0.4 is 38.8 Å². The minimum atomic E-state index is -0.598. The van der Waals surface area contributed by atoms with Gasteiger partial charge in [0.05, 0.1) is 37.8 Å². The van der Waals surface area contributed by atoms with E-state index in [1.54, 1.807) is 37.7 Å². The number of nitrogens with two attached hydrogens (primary N) is 2. The third-order valence-corrected chi connectivity index (χ3v) is 16.2. The average molecular weight is 1320 g/mol. The molecule has 0 aliphatic carbocycles. The molecular formula is C78H104N12O7. The summed E-state index contributed by atoms with van der Waals surface area (Å²) in [5.41, 5.74) is 18.9. The van der Waals surface area contributed by atoms with E-state index >= 15 is 0 Å². The van der Waals surface area contributed by atoms with Gasteiger partial charge in [0.2, 0.25) is 0 Å². The molecule has 0 aliphatic rings. The number of aromatic nitrogens is 6. The first-order valence-corrected chi connectivity index (χ1v) is 33.9. The molecule has 0 spiro atoms. The highest BCUT2D eigenvalue weighted by Gasteiger charge is 2.34. The summed E-state index contributed by atoms with van der Waals surface area (Å²) in [5, 5.41) is 6.30. The standard InChI is InChI=1S/C32H42N4O4.C27H34N4O2.C19H28N4O/c1-22(2)28(29-34-24(4)20-27(37)36(29)21-25-12-9-8-10-13-25)35(30(38)26-16-14-23(3)15-17-26)19-11-18-33-31(39)40-32(5,6)7;1-19(2)25(30(16-8-15-28)27(33)23-13-11-20(3)12-14-23)26-29-21(4)17-24(32)31(26)18-22-9-6-5-7-10-22;1-14(2)18(21-11-7-10-20)19-22-15(3)12-17(24)23(19)13-16-8-5-4-6-9-16/h8-10,12-17,20,22,28H,11,18-19,21H2,1-7H3,(H,33,39);5-7,9-14,17,19,25H,8,15-16,18,28H2,1-4H3;4-6,8-9,12,14,18,21H,7,10-11,13,20H2,1-3H3. The summed E-state index contributed by atoms with van der Waals surface area (Å²) in [5.74, 6) is 2.02. The van der Waals surface area contributed by atoms with Gasteiger partial charge in [0.1, 0.15) is 23.1 Å². The number of alkyl carbamates (subject to hydrolysis) is 1. The Hall–Kier alpha value is -9.17. The zero-order valence-electron chi connectivity index (χ0n) is 59.6. The highest BCUT2D eigenvalue weighted by atomic mass is 16.6. The molecule has 0 fully saturated rings. The molecule has 3 amide bonds. The molecule has 3 aromatic heterocycles. The molecule has 19 nitrogen and oxygen atoms in total. The highest BCUT2D eigenvalue weighted by Crippen LogP contribution is 2.32. The summed E-state index contributed by atoms with van der Waals surface area (Å²) in [4.78, 5) is 96.9. The molecule has 97 heavy (non-hydrogen) atoms. The number of nitrogens with one attached hydrogen (secondary N) is 2. The Balaban J connectivity index is 0.000000237. The van der Waals surface area contributed by atoms with Crippen molar-refractivity contribution in [2.45, 2.75) is 160 Å². The van der Waals surface area contributed by atoms with Gasteiger partial charge in [-0.2, -0.15) is 0 Å². The minimum absolute atomic E-state index is 0.00683. The summed E-state index contributed by atoms with van der Waals surface area (Å²) in [6.07, 6.45) is 1.56. The highest BCUT2D eigenvalue weighted by molar-refractivity contribution is 5.95. The molecule has 6 N–H and O–H groups in total. The Morgan fingerprint density at radius 1 is 0.474 bits per heavy atom. The molecule has 5 aromatic carbocycles. The largest absolute Gasteiger partial charge is 0.444 e. The van der Waals surface area contributed by atoms with E-state index in [0.717, 1.165) is 52.3 Å². The van der Waals surface area contributed by atoms with E-state index in [1.807, 2.05) is 207 Å². The summed E-state index contributed by atoms with van der Waals surface area (Å²) < 4.78 is 10.5. The van der Waals surface area contributed by atoms with Gasteiger partial charge in [0.25, 0.3) is 28.5 Å². The first-order valence-electron chi connectivity index (χ1n) is 33.9. The second-order valence-electron chi connectivity index (χ2n) is 26.8. The number of ether oxygens (including phenoxy) is 1. The monoisotopic (exact) mass is 1320 g/mol. The van der Waals surface area contributed by atoms with Gasteiger partial charge in [-0.1, -0.05) is 168 Å². The van der Waals surface area contributed by atoms with Gasteiger partial charge in [-0.3, -0.25) is 37.7 Å². The van der Waals surface area contributed by atoms with E-state index < -0.39 is 17.7 Å². The molecule has 3 heterocycles. The van der Waals surface area contributed by atoms with Crippen LogP contribution in [0.4, 0.5) is 4.79 Å². The second-order valence-corrected chi connectivity index (χ2v) is 26.8. The lowest BCUT2D eigenvalue weighted by atomic mass is 9.98. The van der Waals surface area contributed by atoms with Gasteiger partial charge in [0.15, 0.2) is 0 Å². The van der Waals surface area contributed by atoms with E-state index in [-0.39, 0.29) is 52.4 Å². The fourth-order valence-corrected chi connectivity index (χ4v) is 11.4. The van der Waals surface area contributed by atoms with Gasteiger partial charge in [0, 0.05) is 66.0 Å². The lowest BCUT2D eigenvalue weighted by molar-refractivity contribution is 0.0518. The molecule has 0 radical (unpaired) electrons. The van der Waals surface area contributed by atoms with Crippen LogP contribution in [0, 0.1) is 52.4 Å². The number of nitrogens with zero attached hydrogens (tertiary/aromatic N) is 8. The Bertz CT molecular complexity index is 3960. The number of hydrogen-bond donors (Lipinski definition) is 4. The Morgan fingerprint density at radius 3 is 1.16 bits per heavy atom. The Labute approximate surface area is 573 Å². The van der Waals surface area contributed by atoms with Crippen LogP contribution in [0.1, 0.15) is 183 Å². The third-order valence-electron chi connectivity index (χ3n) is 16.2. The van der Waals surface area contributed by atoms with Crippen molar-refractivity contribution in [1.29, 1.82) is 0 Å². The van der Waals surface area contributed by atoms with Crippen LogP contribution in [-0.4, -0.2) is 101 Å². The molecule has 0 saturated heterocycles. The van der Waals surface area contributed by atoms with E-state index in [1.165, 1.54) is 6.07 Å². The van der Waals surface area contributed by atoms with Crippen LogP contribution in [0.15, 0.2) is 172 Å². The molecule has 518 valence electrons. The van der Waals surface area contributed by atoms with E-state index in [0.29, 0.717) is 105 Å². The van der Waals surface area contributed by atoms with Crippen LogP contribution in [-0.2, 0) is 24.4 Å². The van der Waals surface area contributed by atoms with Crippen molar-refractivity contribution in [3.63, 3.8) is 0 Å². The lowest BCUT2D eigenvalue weighted by Crippen LogP contribution is -2.43. The third kappa shape index (κ3) is 23.3. The Kier molecular flexibility index (Phi) is 29.6. The number of rotatable bonds is 27. The van der Waals surface area contributed by atoms with Crippen molar-refractivity contribution < 1.29 is 19.1 Å². The maximum absolute atomic E-state index is 14.0. The zero-order valence-corrected chi connectivity index (χ0v) is 59.6. The smallest absolute Gasteiger partial charge is 0.407 e. The fraction of sp³-hybridized carbons (Fsp3) is 0.423. The number of benzene rings is 5. The van der Waals surface area contributed by atoms with E-state index in [9.17, 15) is 28.8 Å². The van der Waals surface area contributed by atoms with Crippen LogP contribution in [0.2, 0.25) is 0 Å². The van der Waals surface area contributed by atoms with Crippen LogP contribution in [0.25, 0.3) is 0 Å². The van der Waals surface area contributed by atoms with E-state index in [2.05, 4.69) is 38.3 Å². The first-order chi connectivity index (χ1) is 46.2. The normalized spacial score (nSPS) is 12.2. The predicted octanol–water partition coefficient (Wildman–Crippen LogP) is 12.0. The van der Waals surface area contributed by atoms with Crippen LogP contribution >= 0.6 is 0 Å². The van der Waals surface area contributed by atoms with E-state index in [4.69, 9.17) is 31.2 Å². The van der Waals surface area contributed by atoms with Crippen LogP contribution in [0.5, 0.6) is 0 Å². The number of carbonyl (C=O) groups is 3. The first kappa shape index (κ1) is 76.8. The quantitative estimate of drug-likeness (QED) is 0.0350. The zero-order chi connectivity index (χ0) is 70.9. The maximum atomic E-state index is 14.0. The molecule has 3 atom stereocenters. The van der Waals surface area contributed by atoms with Gasteiger partial charge >= 0.3 is 6.09 Å². The van der Waals surface area contributed by atoms with Crippen LogP contribution in [0.3, 0.4) is 0 Å². The number of hydrogen-bond acceptors (Lipinski definition) is 13. The number of amides is 3. The summed E-state index contributed by atoms with van der Waals surface area (Å²) in [7, 11) is 0. The molecule has 3 unspecified atom stereocenters. The average Bonchev–Trinajstić information content (AvgIpc) is 0.795. The van der Waals surface area contributed by atoms with Crippen molar-refractivity contribution in [3.8, 4) is 0 Å². The van der Waals surface area contributed by atoms with Gasteiger partial charge in [-0.05, 0) is 153 Å². The summed E-state index contributed by atoms with van der Waals surface area (Å²) in [6, 6.07) is 48.5. The maximum Gasteiger partial charge on any atom is 0.407 e. The minimum Gasteiger partial charge on any atom is -0.444 e. The summed E-state index contributed by atoms with van der Waals surface area (Å²) >= 11 is 0. The lowest BCUT2D eigenvalue weighted by Gasteiger charge is -2.35. The molecule has 0 aliphatic heterocycles. The predicted molar refractivity (Wildman–Crippen MR) is 388 cm³/mol. The van der Waals surface area contributed by atoms with Crippen molar-refractivity contribution in [1.82, 2.24) is 49.1 Å². The van der Waals surface area contributed by atoms with Gasteiger partial charge < -0.3 is 36.6 Å². The molecular weight excluding hydrogens is 1220 g/mol. The molecule has 8 rings (SSSR count). The molecule has 0 bridgehead atoms. The van der Waals surface area contributed by atoms with Crippen molar-refractivity contribution in [2.75, 3.05) is 39.3 Å². The SMILES string of the molecule is Cc1cc(=O)n(Cc2ccccc2)c(C(NCCCN)C(C)C)n1.Cc1ccc(C(=O)N(CCCN)C(c2nc(C)cc(=O)n2Cc2ccccc2)C(C)C)cc1.Cc1ccc(C(=O)N(CCCNC(=O)OC(C)(C)C)C(c2nc(C)cc(=O)n2Cc2ccccc2)C(C)C)cc1. The van der Waals surface area contributed by atoms with Gasteiger partial charge in [-0.15, -0.1) is 0 Å². The van der Waals surface area contributed by atoms with Gasteiger partial charge in [-0.25, -0.2) is 19.7 Å². The molecule has 19 heteroatoms. The second kappa shape index (κ2) is 37.4. The number of aryl methyl sites for hydroxylation is 5. The Morgan fingerprint density at radius 2 is 0.825 bits per heavy atom. The summed E-state index contributed by atoms with van der Waals surface area (Å²) in [6.45, 7) is 31.7. The molecule has 8 aromatic rings. The fourth-order valence-electron chi connectivity index (χ4n) is 11.4.